The van der Waals surface area contributed by atoms with Gasteiger partial charge in [-0.2, -0.15) is 10.5 Å². The van der Waals surface area contributed by atoms with Crippen LogP contribution >= 0.6 is 0 Å². The Morgan fingerprint density at radius 3 is 1.12 bits per heavy atom. The summed E-state index contributed by atoms with van der Waals surface area (Å²) in [4.78, 5) is 0. The summed E-state index contributed by atoms with van der Waals surface area (Å²) < 4.78 is 0. The van der Waals surface area contributed by atoms with Gasteiger partial charge >= 0.3 is 0 Å². The van der Waals surface area contributed by atoms with Gasteiger partial charge in [-0.15, -0.1) is 0 Å². The van der Waals surface area contributed by atoms with Gasteiger partial charge in [0.25, 0.3) is 0 Å². The molecule has 0 N–H and O–H groups in total. The Bertz CT molecular complexity index is 919. The third-order valence-corrected chi connectivity index (χ3v) is 5.72. The molecular formula is C22H24N2. The molecule has 0 heterocycles. The molecule has 0 saturated heterocycles. The predicted molar refractivity (Wildman–Crippen MR) is 99.2 cm³/mol. The maximum absolute atomic E-state index is 9.62. The summed E-state index contributed by atoms with van der Waals surface area (Å²) in [5.74, 6) is 0. The van der Waals surface area contributed by atoms with Crippen molar-refractivity contribution in [3.05, 3.63) is 55.6 Å². The summed E-state index contributed by atoms with van der Waals surface area (Å²) in [5.41, 5.74) is 12.7. The predicted octanol–water partition coefficient (Wildman–Crippen LogP) is 5.56. The van der Waals surface area contributed by atoms with Crippen LogP contribution in [0.3, 0.4) is 0 Å². The Hall–Kier alpha value is -2.58. The van der Waals surface area contributed by atoms with Gasteiger partial charge in [0.15, 0.2) is 0 Å². The number of benzene rings is 2. The fourth-order valence-corrected chi connectivity index (χ4v) is 3.74. The van der Waals surface area contributed by atoms with Gasteiger partial charge in [0.2, 0.25) is 0 Å². The second-order valence-electron chi connectivity index (χ2n) is 6.72. The van der Waals surface area contributed by atoms with E-state index in [1.165, 1.54) is 16.7 Å². The van der Waals surface area contributed by atoms with E-state index in [-0.39, 0.29) is 0 Å². The summed E-state index contributed by atoms with van der Waals surface area (Å²) in [6.07, 6.45) is 0. The lowest BCUT2D eigenvalue weighted by atomic mass is 9.80. The lowest BCUT2D eigenvalue weighted by molar-refractivity contribution is 1.17. The Labute approximate surface area is 145 Å². The molecule has 24 heavy (non-hydrogen) atoms. The molecule has 122 valence electrons. The third-order valence-electron chi connectivity index (χ3n) is 5.72. The molecule has 0 aromatic heterocycles. The van der Waals surface area contributed by atoms with Gasteiger partial charge in [-0.1, -0.05) is 0 Å². The molecule has 2 aromatic rings. The van der Waals surface area contributed by atoms with E-state index in [1.807, 2.05) is 27.7 Å². The van der Waals surface area contributed by atoms with Gasteiger partial charge in [-0.3, -0.25) is 0 Å². The Balaban J connectivity index is 3.09. The maximum Gasteiger partial charge on any atom is 0.0997 e. The van der Waals surface area contributed by atoms with Crippen molar-refractivity contribution in [1.82, 2.24) is 0 Å². The normalized spacial score (nSPS) is 10.4. The van der Waals surface area contributed by atoms with Crippen molar-refractivity contribution >= 4 is 0 Å². The molecule has 0 aliphatic heterocycles. The monoisotopic (exact) mass is 316 g/mol. The highest BCUT2D eigenvalue weighted by Crippen LogP contribution is 2.40. The van der Waals surface area contributed by atoms with Crippen LogP contribution in [0.4, 0.5) is 0 Å². The van der Waals surface area contributed by atoms with E-state index < -0.39 is 0 Å². The number of rotatable bonds is 1. The summed E-state index contributed by atoms with van der Waals surface area (Å²) in [6.45, 7) is 16.5. The van der Waals surface area contributed by atoms with E-state index in [2.05, 4.69) is 39.8 Å². The Kier molecular flexibility index (Phi) is 4.54. The first-order valence-electron chi connectivity index (χ1n) is 8.20. The maximum atomic E-state index is 9.62. The first-order valence-corrected chi connectivity index (χ1v) is 8.20. The molecule has 0 aliphatic rings. The van der Waals surface area contributed by atoms with Crippen LogP contribution < -0.4 is 0 Å². The fraction of sp³-hybridized carbons (Fsp3) is 0.364. The van der Waals surface area contributed by atoms with Gasteiger partial charge in [0, 0.05) is 0 Å². The van der Waals surface area contributed by atoms with E-state index >= 15 is 0 Å². The van der Waals surface area contributed by atoms with Gasteiger partial charge in [-0.25, -0.2) is 0 Å². The first kappa shape index (κ1) is 17.8. The highest BCUT2D eigenvalue weighted by atomic mass is 14.3. The van der Waals surface area contributed by atoms with E-state index in [9.17, 15) is 10.5 Å². The molecular weight excluding hydrogens is 292 g/mol. The number of hydrogen-bond donors (Lipinski definition) is 0. The fourth-order valence-electron chi connectivity index (χ4n) is 3.74. The smallest absolute Gasteiger partial charge is 0.0997 e. The summed E-state index contributed by atoms with van der Waals surface area (Å²) in [6, 6.07) is 4.72. The van der Waals surface area contributed by atoms with Crippen molar-refractivity contribution in [2.45, 2.75) is 55.4 Å². The minimum absolute atomic E-state index is 0.770. The van der Waals surface area contributed by atoms with E-state index in [4.69, 9.17) is 0 Å². The van der Waals surface area contributed by atoms with Crippen LogP contribution in [0.5, 0.6) is 0 Å². The zero-order chi connectivity index (χ0) is 18.3. The third kappa shape index (κ3) is 2.31. The van der Waals surface area contributed by atoms with Crippen LogP contribution in [0.2, 0.25) is 0 Å². The van der Waals surface area contributed by atoms with Crippen molar-refractivity contribution in [1.29, 1.82) is 10.5 Å². The van der Waals surface area contributed by atoms with E-state index in [0.29, 0.717) is 0 Å². The lowest BCUT2D eigenvalue weighted by Crippen LogP contribution is -2.06. The van der Waals surface area contributed by atoms with Crippen LogP contribution in [0, 0.1) is 78.1 Å². The van der Waals surface area contributed by atoms with Crippen LogP contribution in [-0.2, 0) is 0 Å². The van der Waals surface area contributed by atoms with Gasteiger partial charge in [0.05, 0.1) is 23.3 Å². The second kappa shape index (κ2) is 6.14. The van der Waals surface area contributed by atoms with Crippen LogP contribution in [0.25, 0.3) is 11.1 Å². The molecule has 2 heteroatoms. The molecule has 0 amide bonds. The first-order chi connectivity index (χ1) is 11.2. The van der Waals surface area contributed by atoms with Gasteiger partial charge < -0.3 is 0 Å². The quantitative estimate of drug-likeness (QED) is 0.691. The topological polar surface area (TPSA) is 47.6 Å². The Morgan fingerprint density at radius 2 is 0.708 bits per heavy atom. The average molecular weight is 316 g/mol. The highest BCUT2D eigenvalue weighted by Gasteiger charge is 2.22. The lowest BCUT2D eigenvalue weighted by Gasteiger charge is -2.23. The van der Waals surface area contributed by atoms with Crippen molar-refractivity contribution in [3.8, 4) is 23.3 Å². The minimum Gasteiger partial charge on any atom is -0.192 e. The second-order valence-corrected chi connectivity index (χ2v) is 6.72. The van der Waals surface area contributed by atoms with Crippen LogP contribution in [-0.4, -0.2) is 0 Å². The van der Waals surface area contributed by atoms with Crippen molar-refractivity contribution in [3.63, 3.8) is 0 Å². The molecule has 2 nitrogen and oxygen atoms in total. The van der Waals surface area contributed by atoms with Crippen molar-refractivity contribution in [2.75, 3.05) is 0 Å². The standard InChI is InChI=1S/C22H24N2/c1-11-12(2)20(10-24)18(8)22(15(11)5)21-16(6)13(3)19(9-23)14(4)17(21)7/h1-8H3. The molecule has 0 saturated carbocycles. The zero-order valence-corrected chi connectivity index (χ0v) is 15.9. The molecule has 0 unspecified atom stereocenters. The molecule has 0 bridgehead atoms. The van der Waals surface area contributed by atoms with E-state index in [0.717, 1.165) is 50.1 Å². The molecule has 2 rings (SSSR count). The molecule has 0 fully saturated rings. The number of nitriles is 2. The SMILES string of the molecule is Cc1c(C)c(C#N)c(C)c(-c2c(C)c(C)c(C#N)c(C)c2C)c1C. The molecule has 0 spiro atoms. The molecule has 2 aromatic carbocycles. The summed E-state index contributed by atoms with van der Waals surface area (Å²) >= 11 is 0. The van der Waals surface area contributed by atoms with Crippen LogP contribution in [0.15, 0.2) is 0 Å². The minimum atomic E-state index is 0.770. The average Bonchev–Trinajstić information content (AvgIpc) is 2.55. The van der Waals surface area contributed by atoms with Crippen LogP contribution in [0.1, 0.15) is 55.6 Å². The van der Waals surface area contributed by atoms with Gasteiger partial charge in [-0.05, 0) is 111 Å². The van der Waals surface area contributed by atoms with E-state index in [1.54, 1.807) is 0 Å². The molecule has 0 aliphatic carbocycles. The summed E-state index contributed by atoms with van der Waals surface area (Å²) in [7, 11) is 0. The summed E-state index contributed by atoms with van der Waals surface area (Å²) in [5, 5.41) is 19.1. The number of nitrogens with zero attached hydrogens (tertiary/aromatic N) is 2. The highest BCUT2D eigenvalue weighted by molar-refractivity contribution is 5.83. The van der Waals surface area contributed by atoms with Crippen molar-refractivity contribution < 1.29 is 0 Å². The molecule has 0 radical (unpaired) electrons. The van der Waals surface area contributed by atoms with Gasteiger partial charge in [0.1, 0.15) is 0 Å². The Morgan fingerprint density at radius 1 is 0.417 bits per heavy atom. The number of hydrogen-bond acceptors (Lipinski definition) is 2. The van der Waals surface area contributed by atoms with Crippen molar-refractivity contribution in [2.24, 2.45) is 0 Å². The molecule has 0 atom stereocenters. The zero-order valence-electron chi connectivity index (χ0n) is 15.9. The largest absolute Gasteiger partial charge is 0.192 e.